The summed E-state index contributed by atoms with van der Waals surface area (Å²) in [5, 5.41) is 17.5. The summed E-state index contributed by atoms with van der Waals surface area (Å²) in [6.45, 7) is 1.29. The number of aliphatic carboxylic acids is 1. The van der Waals surface area contributed by atoms with E-state index >= 15 is 0 Å². The molecule has 13 heavy (non-hydrogen) atoms. The van der Waals surface area contributed by atoms with Crippen LogP contribution in [0, 0.1) is 5.92 Å². The van der Waals surface area contributed by atoms with Gasteiger partial charge < -0.3 is 14.9 Å². The van der Waals surface area contributed by atoms with Crippen LogP contribution in [0.1, 0.15) is 6.92 Å². The molecule has 0 heterocycles. The summed E-state index contributed by atoms with van der Waals surface area (Å²) < 4.78 is 4.15. The lowest BCUT2D eigenvalue weighted by Gasteiger charge is -2.08. The monoisotopic (exact) mass is 189 g/mol. The molecule has 0 radical (unpaired) electrons. The maximum absolute atomic E-state index is 10.5. The number of nitrogens with zero attached hydrogens (tertiary/aromatic N) is 1. The highest BCUT2D eigenvalue weighted by atomic mass is 16.5. The van der Waals surface area contributed by atoms with Crippen molar-refractivity contribution in [3.05, 3.63) is 0 Å². The zero-order chi connectivity index (χ0) is 10.4. The van der Waals surface area contributed by atoms with Crippen LogP contribution in [0.15, 0.2) is 4.99 Å². The van der Waals surface area contributed by atoms with E-state index in [0.29, 0.717) is 0 Å². The fraction of sp³-hybridized carbons (Fsp3) is 0.571. The molecule has 0 fully saturated rings. The highest BCUT2D eigenvalue weighted by molar-refractivity contribution is 5.93. The van der Waals surface area contributed by atoms with Crippen LogP contribution in [-0.2, 0) is 9.53 Å². The lowest BCUT2D eigenvalue weighted by Crippen LogP contribution is -2.27. The highest BCUT2D eigenvalue weighted by Crippen LogP contribution is 2.00. The van der Waals surface area contributed by atoms with Crippen LogP contribution in [0.5, 0.6) is 0 Å². The van der Waals surface area contributed by atoms with Crippen LogP contribution >= 0.6 is 0 Å². The predicted octanol–water partition coefficient (Wildman–Crippen LogP) is -0.0948. The van der Waals surface area contributed by atoms with Crippen LogP contribution in [0.25, 0.3) is 0 Å². The predicted molar refractivity (Wildman–Crippen MR) is 43.7 cm³/mol. The molecule has 1 unspecified atom stereocenters. The van der Waals surface area contributed by atoms with Gasteiger partial charge in [-0.2, -0.15) is 4.99 Å². The third kappa shape index (κ3) is 4.22. The molecule has 0 aromatic heterocycles. The molecule has 1 amide bonds. The summed E-state index contributed by atoms with van der Waals surface area (Å²) in [6.07, 6.45) is -1.16. The van der Waals surface area contributed by atoms with Crippen LogP contribution in [-0.4, -0.2) is 41.7 Å². The summed E-state index contributed by atoms with van der Waals surface area (Å²) in [7, 11) is 1.12. The number of rotatable bonds is 3. The van der Waals surface area contributed by atoms with Crippen molar-refractivity contribution in [1.29, 1.82) is 0 Å². The van der Waals surface area contributed by atoms with Gasteiger partial charge in [0.05, 0.1) is 13.2 Å². The van der Waals surface area contributed by atoms with Gasteiger partial charge in [-0.25, -0.2) is 4.79 Å². The van der Waals surface area contributed by atoms with Gasteiger partial charge in [0.25, 0.3) is 0 Å². The lowest BCUT2D eigenvalue weighted by molar-refractivity contribution is -0.141. The Morgan fingerprint density at radius 1 is 1.54 bits per heavy atom. The second kappa shape index (κ2) is 5.26. The lowest BCUT2D eigenvalue weighted by atomic mass is 10.1. The molecule has 6 nitrogen and oxygen atoms in total. The van der Waals surface area contributed by atoms with E-state index in [-0.39, 0.29) is 0 Å². The van der Waals surface area contributed by atoms with Gasteiger partial charge in [-0.3, -0.25) is 4.79 Å². The molecule has 0 saturated carbocycles. The number of hydrogen-bond acceptors (Lipinski definition) is 4. The third-order valence-electron chi connectivity index (χ3n) is 1.32. The number of carbonyl (C=O) groups is 2. The summed E-state index contributed by atoms with van der Waals surface area (Å²) in [6, 6.07) is 0. The Labute approximate surface area is 74.8 Å². The van der Waals surface area contributed by atoms with Crippen molar-refractivity contribution < 1.29 is 24.5 Å². The van der Waals surface area contributed by atoms with Crippen molar-refractivity contribution >= 4 is 18.3 Å². The molecule has 0 bridgehead atoms. The minimum atomic E-state index is -1.25. The average molecular weight is 189 g/mol. The van der Waals surface area contributed by atoms with E-state index in [1.807, 2.05) is 0 Å². The first kappa shape index (κ1) is 11.6. The van der Waals surface area contributed by atoms with Gasteiger partial charge in [-0.05, 0) is 6.92 Å². The summed E-state index contributed by atoms with van der Waals surface area (Å²) in [4.78, 5) is 24.1. The number of carboxylic acids is 1. The molecule has 2 N–H and O–H groups in total. The Hall–Kier alpha value is -1.43. The normalized spacial score (nSPS) is 15.3. The Morgan fingerprint density at radius 3 is 2.38 bits per heavy atom. The van der Waals surface area contributed by atoms with Gasteiger partial charge >= 0.3 is 12.1 Å². The molecule has 0 rings (SSSR count). The topological polar surface area (TPSA) is 96.2 Å². The minimum absolute atomic E-state index is 0.846. The van der Waals surface area contributed by atoms with Crippen molar-refractivity contribution in [1.82, 2.24) is 0 Å². The van der Waals surface area contributed by atoms with Crippen molar-refractivity contribution in [2.75, 3.05) is 7.11 Å². The molecule has 0 aliphatic heterocycles. The Balaban J connectivity index is 4.34. The molecule has 0 aromatic rings. The molecular formula is C7H11NO5. The zero-order valence-corrected chi connectivity index (χ0v) is 7.30. The van der Waals surface area contributed by atoms with E-state index < -0.39 is 24.1 Å². The minimum Gasteiger partial charge on any atom is -0.481 e. The molecule has 0 aliphatic carbocycles. The van der Waals surface area contributed by atoms with Gasteiger partial charge in [0.15, 0.2) is 0 Å². The van der Waals surface area contributed by atoms with E-state index in [4.69, 9.17) is 10.2 Å². The Bertz CT molecular complexity index is 223. The first-order chi connectivity index (χ1) is 5.99. The van der Waals surface area contributed by atoms with E-state index in [1.54, 1.807) is 0 Å². The average Bonchev–Trinajstić information content (AvgIpc) is 2.03. The fourth-order valence-electron chi connectivity index (χ4n) is 0.589. The van der Waals surface area contributed by atoms with Crippen molar-refractivity contribution in [3.63, 3.8) is 0 Å². The number of aliphatic hydroxyl groups excluding tert-OH is 1. The molecule has 0 spiro atoms. The van der Waals surface area contributed by atoms with E-state index in [1.165, 1.54) is 6.92 Å². The summed E-state index contributed by atoms with van der Waals surface area (Å²) >= 11 is 0. The largest absolute Gasteiger partial charge is 0.481 e. The SMILES string of the molecule is COC(=O)N=CC(C(=O)O)[C@H](C)O. The molecule has 2 atom stereocenters. The van der Waals surface area contributed by atoms with Gasteiger partial charge in [0.2, 0.25) is 0 Å². The quantitative estimate of drug-likeness (QED) is 0.604. The first-order valence-corrected chi connectivity index (χ1v) is 3.52. The molecule has 6 heteroatoms. The summed E-state index contributed by atoms with van der Waals surface area (Å²) in [5.74, 6) is -2.44. The van der Waals surface area contributed by atoms with E-state index in [2.05, 4.69) is 9.73 Å². The van der Waals surface area contributed by atoms with Crippen LogP contribution in [0.3, 0.4) is 0 Å². The molecule has 0 saturated heterocycles. The van der Waals surface area contributed by atoms with Crippen LogP contribution in [0.2, 0.25) is 0 Å². The van der Waals surface area contributed by atoms with Gasteiger partial charge in [-0.1, -0.05) is 0 Å². The first-order valence-electron chi connectivity index (χ1n) is 3.52. The highest BCUT2D eigenvalue weighted by Gasteiger charge is 2.20. The second-order valence-corrected chi connectivity index (χ2v) is 2.35. The number of methoxy groups -OCH3 is 1. The molecule has 74 valence electrons. The maximum atomic E-state index is 10.5. The van der Waals surface area contributed by atoms with Gasteiger partial charge in [-0.15, -0.1) is 0 Å². The molecule has 0 aromatic carbocycles. The second-order valence-electron chi connectivity index (χ2n) is 2.35. The maximum Gasteiger partial charge on any atom is 0.432 e. The van der Waals surface area contributed by atoms with E-state index in [0.717, 1.165) is 13.3 Å². The van der Waals surface area contributed by atoms with Crippen LogP contribution in [0.4, 0.5) is 4.79 Å². The number of aliphatic hydroxyl groups is 1. The smallest absolute Gasteiger partial charge is 0.432 e. The van der Waals surface area contributed by atoms with Gasteiger partial charge in [0.1, 0.15) is 5.92 Å². The Kier molecular flexibility index (Phi) is 4.68. The van der Waals surface area contributed by atoms with Crippen molar-refractivity contribution in [2.24, 2.45) is 10.9 Å². The number of ether oxygens (including phenoxy) is 1. The number of carboxylic acid groups (broad SMARTS) is 1. The van der Waals surface area contributed by atoms with Crippen LogP contribution < -0.4 is 0 Å². The van der Waals surface area contributed by atoms with E-state index in [9.17, 15) is 9.59 Å². The van der Waals surface area contributed by atoms with Crippen molar-refractivity contribution in [3.8, 4) is 0 Å². The zero-order valence-electron chi connectivity index (χ0n) is 7.30. The fourth-order valence-corrected chi connectivity index (χ4v) is 0.589. The van der Waals surface area contributed by atoms with Gasteiger partial charge in [0, 0.05) is 6.21 Å². The molecular weight excluding hydrogens is 178 g/mol. The molecule has 0 aliphatic rings. The standard InChI is InChI=1S/C7H11NO5/c1-4(9)5(6(10)11)3-8-7(12)13-2/h3-5,9H,1-2H3,(H,10,11)/t4-,5?/m0/s1. The number of carbonyl (C=O) groups excluding carboxylic acids is 1. The Morgan fingerprint density at radius 2 is 2.08 bits per heavy atom. The van der Waals surface area contributed by atoms with Crippen molar-refractivity contribution in [2.45, 2.75) is 13.0 Å². The third-order valence-corrected chi connectivity index (χ3v) is 1.32. The number of hydrogen-bond donors (Lipinski definition) is 2. The summed E-state index contributed by atoms with van der Waals surface area (Å²) in [5.41, 5.74) is 0. The number of aliphatic imine (C=N–C) groups is 1. The number of amides is 1.